The third kappa shape index (κ3) is 2.16. The fraction of sp³-hybridized carbons (Fsp3) is 0.312. The number of fused-ring (bicyclic) bond motifs is 1. The van der Waals surface area contributed by atoms with Crippen LogP contribution in [0.5, 0.6) is 0 Å². The summed E-state index contributed by atoms with van der Waals surface area (Å²) in [5.74, 6) is 1.03. The van der Waals surface area contributed by atoms with Crippen molar-refractivity contribution in [2.75, 3.05) is 16.8 Å². The van der Waals surface area contributed by atoms with Crippen molar-refractivity contribution < 1.29 is 0 Å². The molecule has 0 radical (unpaired) electrons. The van der Waals surface area contributed by atoms with E-state index in [1.807, 2.05) is 6.20 Å². The highest BCUT2D eigenvalue weighted by molar-refractivity contribution is 5.69. The molecule has 3 heteroatoms. The summed E-state index contributed by atoms with van der Waals surface area (Å²) in [4.78, 5) is 6.92. The molecular weight excluding hydrogens is 234 g/mol. The van der Waals surface area contributed by atoms with Gasteiger partial charge in [-0.15, -0.1) is 0 Å². The number of para-hydroxylation sites is 1. The number of anilines is 3. The van der Waals surface area contributed by atoms with E-state index in [1.165, 1.54) is 11.3 Å². The van der Waals surface area contributed by atoms with Gasteiger partial charge in [0.2, 0.25) is 0 Å². The van der Waals surface area contributed by atoms with E-state index in [4.69, 9.17) is 0 Å². The van der Waals surface area contributed by atoms with E-state index in [-0.39, 0.29) is 0 Å². The largest absolute Gasteiger partial charge is 0.384 e. The number of nitrogens with zero attached hydrogens (tertiary/aromatic N) is 2. The molecule has 1 aromatic carbocycles. The standard InChI is InChI=1S/C16H19N3/c1-3-17-14-8-9-16(18-11-14)19-12(2)10-13-6-4-5-7-15(13)19/h4-9,11-12,17H,3,10H2,1-2H3. The smallest absolute Gasteiger partial charge is 0.133 e. The van der Waals surface area contributed by atoms with Crippen LogP contribution in [-0.2, 0) is 6.42 Å². The Bertz CT molecular complexity index is 562. The molecule has 3 rings (SSSR count). The molecule has 1 atom stereocenters. The predicted molar refractivity (Wildman–Crippen MR) is 80.1 cm³/mol. The van der Waals surface area contributed by atoms with E-state index in [9.17, 15) is 0 Å². The van der Waals surface area contributed by atoms with E-state index in [0.717, 1.165) is 24.5 Å². The number of benzene rings is 1. The zero-order chi connectivity index (χ0) is 13.2. The summed E-state index contributed by atoms with van der Waals surface area (Å²) in [5, 5.41) is 3.27. The fourth-order valence-electron chi connectivity index (χ4n) is 2.75. The number of hydrogen-bond acceptors (Lipinski definition) is 3. The first-order chi connectivity index (χ1) is 9.29. The van der Waals surface area contributed by atoms with Crippen LogP contribution >= 0.6 is 0 Å². The Labute approximate surface area is 114 Å². The third-order valence-electron chi connectivity index (χ3n) is 3.58. The second-order valence-electron chi connectivity index (χ2n) is 4.99. The zero-order valence-electron chi connectivity index (χ0n) is 11.4. The van der Waals surface area contributed by atoms with Gasteiger partial charge >= 0.3 is 0 Å². The van der Waals surface area contributed by atoms with Crippen LogP contribution in [-0.4, -0.2) is 17.6 Å². The summed E-state index contributed by atoms with van der Waals surface area (Å²) < 4.78 is 0. The normalized spacial score (nSPS) is 17.4. The summed E-state index contributed by atoms with van der Waals surface area (Å²) in [7, 11) is 0. The SMILES string of the molecule is CCNc1ccc(N2c3ccccc3CC2C)nc1. The summed E-state index contributed by atoms with van der Waals surface area (Å²) in [6.45, 7) is 5.26. The molecule has 0 bridgehead atoms. The van der Waals surface area contributed by atoms with Crippen molar-refractivity contribution in [2.24, 2.45) is 0 Å². The Balaban J connectivity index is 1.93. The number of rotatable bonds is 3. The van der Waals surface area contributed by atoms with Crippen LogP contribution in [0.25, 0.3) is 0 Å². The molecule has 0 amide bonds. The van der Waals surface area contributed by atoms with Crippen LogP contribution in [0.3, 0.4) is 0 Å². The molecule has 0 aliphatic carbocycles. The Morgan fingerprint density at radius 3 is 2.84 bits per heavy atom. The number of nitrogens with one attached hydrogen (secondary N) is 1. The monoisotopic (exact) mass is 253 g/mol. The van der Waals surface area contributed by atoms with Gasteiger partial charge in [-0.3, -0.25) is 0 Å². The van der Waals surface area contributed by atoms with Crippen molar-refractivity contribution in [3.05, 3.63) is 48.2 Å². The maximum Gasteiger partial charge on any atom is 0.133 e. The highest BCUT2D eigenvalue weighted by Crippen LogP contribution is 2.37. The van der Waals surface area contributed by atoms with E-state index in [0.29, 0.717) is 6.04 Å². The molecule has 1 aromatic heterocycles. The lowest BCUT2D eigenvalue weighted by Gasteiger charge is -2.24. The van der Waals surface area contributed by atoms with Gasteiger partial charge in [0.25, 0.3) is 0 Å². The molecule has 19 heavy (non-hydrogen) atoms. The van der Waals surface area contributed by atoms with Crippen molar-refractivity contribution in [3.63, 3.8) is 0 Å². The number of pyridine rings is 1. The van der Waals surface area contributed by atoms with Gasteiger partial charge in [-0.2, -0.15) is 0 Å². The van der Waals surface area contributed by atoms with Crippen LogP contribution in [0.15, 0.2) is 42.6 Å². The van der Waals surface area contributed by atoms with Gasteiger partial charge < -0.3 is 10.2 Å². The Kier molecular flexibility index (Phi) is 3.11. The van der Waals surface area contributed by atoms with Crippen LogP contribution in [0.4, 0.5) is 17.2 Å². The number of hydrogen-bond donors (Lipinski definition) is 1. The molecule has 1 aliphatic rings. The van der Waals surface area contributed by atoms with Gasteiger partial charge in [-0.1, -0.05) is 18.2 Å². The Hall–Kier alpha value is -2.03. The molecule has 0 fully saturated rings. The molecule has 2 heterocycles. The zero-order valence-corrected chi connectivity index (χ0v) is 11.4. The van der Waals surface area contributed by atoms with Gasteiger partial charge in [0, 0.05) is 18.3 Å². The van der Waals surface area contributed by atoms with E-state index in [2.05, 4.69) is 65.4 Å². The minimum Gasteiger partial charge on any atom is -0.384 e. The minimum absolute atomic E-state index is 0.467. The van der Waals surface area contributed by atoms with Crippen molar-refractivity contribution in [1.29, 1.82) is 0 Å². The second kappa shape index (κ2) is 4.92. The Morgan fingerprint density at radius 2 is 2.11 bits per heavy atom. The summed E-state index contributed by atoms with van der Waals surface area (Å²) in [6, 6.07) is 13.2. The van der Waals surface area contributed by atoms with E-state index in [1.54, 1.807) is 0 Å². The average Bonchev–Trinajstić information content (AvgIpc) is 2.76. The third-order valence-corrected chi connectivity index (χ3v) is 3.58. The number of aromatic nitrogens is 1. The lowest BCUT2D eigenvalue weighted by atomic mass is 10.1. The lowest BCUT2D eigenvalue weighted by Crippen LogP contribution is -2.24. The first-order valence-electron chi connectivity index (χ1n) is 6.86. The van der Waals surface area contributed by atoms with Crippen molar-refractivity contribution in [2.45, 2.75) is 26.3 Å². The molecule has 2 aromatic rings. The molecule has 98 valence electrons. The second-order valence-corrected chi connectivity index (χ2v) is 4.99. The van der Waals surface area contributed by atoms with Gasteiger partial charge in [0.15, 0.2) is 0 Å². The first kappa shape index (κ1) is 12.0. The quantitative estimate of drug-likeness (QED) is 0.906. The molecule has 1 unspecified atom stereocenters. The van der Waals surface area contributed by atoms with Gasteiger partial charge in [-0.25, -0.2) is 4.98 Å². The highest BCUT2D eigenvalue weighted by atomic mass is 15.2. The maximum atomic E-state index is 4.59. The van der Waals surface area contributed by atoms with Crippen molar-refractivity contribution in [1.82, 2.24) is 4.98 Å². The maximum absolute atomic E-state index is 4.59. The van der Waals surface area contributed by atoms with Crippen molar-refractivity contribution >= 4 is 17.2 Å². The molecular formula is C16H19N3. The highest BCUT2D eigenvalue weighted by Gasteiger charge is 2.27. The molecule has 1 N–H and O–H groups in total. The molecule has 1 aliphatic heterocycles. The average molecular weight is 253 g/mol. The van der Waals surface area contributed by atoms with E-state index < -0.39 is 0 Å². The first-order valence-corrected chi connectivity index (χ1v) is 6.86. The van der Waals surface area contributed by atoms with Crippen LogP contribution in [0.2, 0.25) is 0 Å². The van der Waals surface area contributed by atoms with Crippen molar-refractivity contribution in [3.8, 4) is 0 Å². The lowest BCUT2D eigenvalue weighted by molar-refractivity contribution is 0.750. The summed E-state index contributed by atoms with van der Waals surface area (Å²) in [5.41, 5.74) is 3.78. The van der Waals surface area contributed by atoms with Crippen LogP contribution in [0, 0.1) is 0 Å². The Morgan fingerprint density at radius 1 is 1.26 bits per heavy atom. The summed E-state index contributed by atoms with van der Waals surface area (Å²) in [6.07, 6.45) is 3.00. The van der Waals surface area contributed by atoms with Gasteiger partial charge in [0.1, 0.15) is 5.82 Å². The van der Waals surface area contributed by atoms with Gasteiger partial charge in [-0.05, 0) is 44.0 Å². The van der Waals surface area contributed by atoms with E-state index >= 15 is 0 Å². The predicted octanol–water partition coefficient (Wildman–Crippen LogP) is 3.60. The molecule has 0 saturated heterocycles. The molecule has 0 saturated carbocycles. The molecule has 3 nitrogen and oxygen atoms in total. The van der Waals surface area contributed by atoms with Crippen LogP contribution < -0.4 is 10.2 Å². The fourth-order valence-corrected chi connectivity index (χ4v) is 2.75. The molecule has 0 spiro atoms. The van der Waals surface area contributed by atoms with Gasteiger partial charge in [0.05, 0.1) is 11.9 Å². The minimum atomic E-state index is 0.467. The van der Waals surface area contributed by atoms with Crippen LogP contribution in [0.1, 0.15) is 19.4 Å². The summed E-state index contributed by atoms with van der Waals surface area (Å²) >= 11 is 0. The topological polar surface area (TPSA) is 28.2 Å².